The van der Waals surface area contributed by atoms with Crippen molar-refractivity contribution in [3.05, 3.63) is 45.9 Å². The van der Waals surface area contributed by atoms with E-state index < -0.39 is 0 Å². The first-order chi connectivity index (χ1) is 11.1. The lowest BCUT2D eigenvalue weighted by Gasteiger charge is -2.20. The van der Waals surface area contributed by atoms with Gasteiger partial charge in [0.1, 0.15) is 0 Å². The van der Waals surface area contributed by atoms with E-state index in [1.165, 1.54) is 11.3 Å². The highest BCUT2D eigenvalue weighted by Gasteiger charge is 2.25. The Bertz CT molecular complexity index is 722. The van der Waals surface area contributed by atoms with Crippen molar-refractivity contribution >= 4 is 39.9 Å². The third-order valence-corrected chi connectivity index (χ3v) is 5.02. The average molecular weight is 350 g/mol. The van der Waals surface area contributed by atoms with Crippen molar-refractivity contribution in [1.82, 2.24) is 10.3 Å². The van der Waals surface area contributed by atoms with E-state index in [1.54, 1.807) is 6.20 Å². The highest BCUT2D eigenvalue weighted by atomic mass is 35.5. The van der Waals surface area contributed by atoms with Gasteiger partial charge in [0.15, 0.2) is 5.13 Å². The minimum absolute atomic E-state index is 0.00493. The van der Waals surface area contributed by atoms with Crippen LogP contribution < -0.4 is 10.6 Å². The predicted octanol–water partition coefficient (Wildman–Crippen LogP) is 2.85. The van der Waals surface area contributed by atoms with Crippen LogP contribution in [0.2, 0.25) is 5.02 Å². The Morgan fingerprint density at radius 2 is 2.26 bits per heavy atom. The molecule has 5 nitrogen and oxygen atoms in total. The molecule has 0 radical (unpaired) electrons. The van der Waals surface area contributed by atoms with Gasteiger partial charge < -0.3 is 10.6 Å². The second kappa shape index (κ2) is 7.10. The van der Waals surface area contributed by atoms with Crippen LogP contribution in [-0.4, -0.2) is 23.3 Å². The summed E-state index contributed by atoms with van der Waals surface area (Å²) in [7, 11) is 0. The molecule has 0 spiro atoms. The number of piperidine rings is 1. The number of nitrogens with one attached hydrogen (secondary N) is 2. The number of carbonyl (C=O) groups excluding carboxylic acids is 2. The molecule has 1 aromatic heterocycles. The van der Waals surface area contributed by atoms with Gasteiger partial charge in [-0.1, -0.05) is 29.8 Å². The number of hydrogen-bond acceptors (Lipinski definition) is 4. The molecule has 2 aromatic rings. The molecule has 7 heteroatoms. The maximum atomic E-state index is 12.2. The lowest BCUT2D eigenvalue weighted by atomic mass is 9.98. The second-order valence-electron chi connectivity index (χ2n) is 5.43. The molecule has 2 amide bonds. The van der Waals surface area contributed by atoms with E-state index in [-0.39, 0.29) is 17.7 Å². The number of benzene rings is 1. The summed E-state index contributed by atoms with van der Waals surface area (Å²) in [6.45, 7) is 0.391. The van der Waals surface area contributed by atoms with Crippen LogP contribution in [0.15, 0.2) is 30.5 Å². The number of aromatic nitrogens is 1. The standard InChI is InChI=1S/C16H16ClN3O2S/c17-13-4-2-1-3-10(13)7-12-9-19-16(23-12)20-15(22)11-5-6-14(21)18-8-11/h1-4,9,11H,5-8H2,(H,18,21)(H,19,20,22)/t11-/m1/s1. The number of nitrogens with zero attached hydrogens (tertiary/aromatic N) is 1. The van der Waals surface area contributed by atoms with E-state index in [1.807, 2.05) is 24.3 Å². The van der Waals surface area contributed by atoms with Crippen molar-refractivity contribution in [1.29, 1.82) is 0 Å². The summed E-state index contributed by atoms with van der Waals surface area (Å²) in [4.78, 5) is 28.6. The SMILES string of the molecule is O=C1CC[C@@H](C(=O)Nc2ncc(Cc3ccccc3Cl)s2)CN1. The minimum atomic E-state index is -0.191. The van der Waals surface area contributed by atoms with Crippen LogP contribution in [0.3, 0.4) is 0 Å². The van der Waals surface area contributed by atoms with Crippen LogP contribution >= 0.6 is 22.9 Å². The molecule has 1 aliphatic heterocycles. The number of hydrogen-bond donors (Lipinski definition) is 2. The third-order valence-electron chi connectivity index (χ3n) is 3.74. The molecule has 0 bridgehead atoms. The van der Waals surface area contributed by atoms with Gasteiger partial charge in [-0.3, -0.25) is 9.59 Å². The van der Waals surface area contributed by atoms with Gasteiger partial charge >= 0.3 is 0 Å². The number of halogens is 1. The van der Waals surface area contributed by atoms with Gasteiger partial charge in [-0.15, -0.1) is 11.3 Å². The van der Waals surface area contributed by atoms with Gasteiger partial charge in [-0.25, -0.2) is 4.98 Å². The molecule has 2 N–H and O–H groups in total. The van der Waals surface area contributed by atoms with E-state index >= 15 is 0 Å². The van der Waals surface area contributed by atoms with Gasteiger partial charge in [0.05, 0.1) is 5.92 Å². The predicted molar refractivity (Wildman–Crippen MR) is 90.7 cm³/mol. The average Bonchev–Trinajstić information content (AvgIpc) is 2.97. The molecule has 0 aliphatic carbocycles. The normalized spacial score (nSPS) is 17.6. The fourth-order valence-electron chi connectivity index (χ4n) is 2.44. The first kappa shape index (κ1) is 16.0. The quantitative estimate of drug-likeness (QED) is 0.891. The summed E-state index contributed by atoms with van der Waals surface area (Å²) in [5.41, 5.74) is 1.03. The van der Waals surface area contributed by atoms with Gasteiger partial charge in [0.25, 0.3) is 0 Å². The maximum Gasteiger partial charge on any atom is 0.231 e. The molecule has 0 unspecified atom stereocenters. The first-order valence-electron chi connectivity index (χ1n) is 7.37. The van der Waals surface area contributed by atoms with Crippen LogP contribution in [0.25, 0.3) is 0 Å². The minimum Gasteiger partial charge on any atom is -0.355 e. The Morgan fingerprint density at radius 3 is 3.00 bits per heavy atom. The Labute approximate surface area is 143 Å². The fourth-order valence-corrected chi connectivity index (χ4v) is 3.48. The van der Waals surface area contributed by atoms with E-state index in [4.69, 9.17) is 11.6 Å². The van der Waals surface area contributed by atoms with Crippen molar-refractivity contribution in [2.75, 3.05) is 11.9 Å². The summed E-state index contributed by atoms with van der Waals surface area (Å²) in [6, 6.07) is 7.68. The number of amides is 2. The van der Waals surface area contributed by atoms with Crippen LogP contribution in [0.5, 0.6) is 0 Å². The smallest absolute Gasteiger partial charge is 0.231 e. The molecular weight excluding hydrogens is 334 g/mol. The van der Waals surface area contributed by atoms with Crippen LogP contribution in [0, 0.1) is 5.92 Å². The van der Waals surface area contributed by atoms with Gasteiger partial charge in [0.2, 0.25) is 11.8 Å². The summed E-state index contributed by atoms with van der Waals surface area (Å²) < 4.78 is 0. The molecule has 1 aliphatic rings. The summed E-state index contributed by atoms with van der Waals surface area (Å²) in [5, 5.41) is 6.85. The van der Waals surface area contributed by atoms with E-state index in [0.29, 0.717) is 30.9 Å². The number of rotatable bonds is 4. The van der Waals surface area contributed by atoms with Crippen molar-refractivity contribution in [3.63, 3.8) is 0 Å². The van der Waals surface area contributed by atoms with E-state index in [0.717, 1.165) is 15.5 Å². The molecule has 23 heavy (non-hydrogen) atoms. The summed E-state index contributed by atoms with van der Waals surface area (Å²) in [6.07, 6.45) is 3.42. The maximum absolute atomic E-state index is 12.2. The number of carbonyl (C=O) groups is 2. The topological polar surface area (TPSA) is 71.1 Å². The molecule has 1 aromatic carbocycles. The molecular formula is C16H16ClN3O2S. The van der Waals surface area contributed by atoms with Crippen LogP contribution in [-0.2, 0) is 16.0 Å². The van der Waals surface area contributed by atoms with Gasteiger partial charge in [0, 0.05) is 35.5 Å². The monoisotopic (exact) mass is 349 g/mol. The lowest BCUT2D eigenvalue weighted by molar-refractivity contribution is -0.126. The molecule has 2 heterocycles. The highest BCUT2D eigenvalue weighted by Crippen LogP contribution is 2.25. The third kappa shape index (κ3) is 4.09. The Kier molecular flexibility index (Phi) is 4.93. The van der Waals surface area contributed by atoms with Crippen molar-refractivity contribution in [2.45, 2.75) is 19.3 Å². The Balaban J connectivity index is 1.60. The summed E-state index contributed by atoms with van der Waals surface area (Å²) in [5.74, 6) is -0.280. The molecule has 120 valence electrons. The van der Waals surface area contributed by atoms with Crippen molar-refractivity contribution in [3.8, 4) is 0 Å². The number of anilines is 1. The van der Waals surface area contributed by atoms with Crippen LogP contribution in [0.1, 0.15) is 23.3 Å². The second-order valence-corrected chi connectivity index (χ2v) is 6.95. The van der Waals surface area contributed by atoms with Crippen molar-refractivity contribution < 1.29 is 9.59 Å². The molecule has 1 saturated heterocycles. The van der Waals surface area contributed by atoms with Crippen LogP contribution in [0.4, 0.5) is 5.13 Å². The molecule has 1 atom stereocenters. The Morgan fingerprint density at radius 1 is 1.43 bits per heavy atom. The lowest BCUT2D eigenvalue weighted by Crippen LogP contribution is -2.40. The van der Waals surface area contributed by atoms with Gasteiger partial charge in [-0.2, -0.15) is 0 Å². The molecule has 0 saturated carbocycles. The fraction of sp³-hybridized carbons (Fsp3) is 0.312. The zero-order chi connectivity index (χ0) is 16.2. The van der Waals surface area contributed by atoms with E-state index in [9.17, 15) is 9.59 Å². The van der Waals surface area contributed by atoms with Crippen molar-refractivity contribution in [2.24, 2.45) is 5.92 Å². The highest BCUT2D eigenvalue weighted by molar-refractivity contribution is 7.15. The Hall–Kier alpha value is -1.92. The molecule has 1 fully saturated rings. The summed E-state index contributed by atoms with van der Waals surface area (Å²) >= 11 is 7.60. The zero-order valence-electron chi connectivity index (χ0n) is 12.3. The largest absolute Gasteiger partial charge is 0.355 e. The van der Waals surface area contributed by atoms with E-state index in [2.05, 4.69) is 15.6 Å². The van der Waals surface area contributed by atoms with Gasteiger partial charge in [-0.05, 0) is 18.1 Å². The number of thiazole rings is 1. The molecule has 3 rings (SSSR count). The first-order valence-corrected chi connectivity index (χ1v) is 8.57. The zero-order valence-corrected chi connectivity index (χ0v) is 13.9.